The van der Waals surface area contributed by atoms with Crippen LogP contribution in [0.1, 0.15) is 51.8 Å². The Bertz CT molecular complexity index is 642. The summed E-state index contributed by atoms with van der Waals surface area (Å²) in [4.78, 5) is 9.08. The van der Waals surface area contributed by atoms with E-state index < -0.39 is 0 Å². The number of hydrogen-bond acceptors (Lipinski definition) is 4. The summed E-state index contributed by atoms with van der Waals surface area (Å²) in [5.74, 6) is 1.91. The molecule has 2 rings (SSSR count). The lowest BCUT2D eigenvalue weighted by Crippen LogP contribution is -2.27. The SMILES string of the molecule is Cc1cc(NC(C)(C)C)nc(Nc2ccccc2C(C)C)n1. The van der Waals surface area contributed by atoms with E-state index in [2.05, 4.69) is 73.4 Å². The van der Waals surface area contributed by atoms with Gasteiger partial charge in [-0.3, -0.25) is 0 Å². The largest absolute Gasteiger partial charge is 0.365 e. The Labute approximate surface area is 133 Å². The summed E-state index contributed by atoms with van der Waals surface area (Å²) in [6.07, 6.45) is 0. The van der Waals surface area contributed by atoms with Crippen molar-refractivity contribution in [1.82, 2.24) is 9.97 Å². The fourth-order valence-corrected chi connectivity index (χ4v) is 2.31. The van der Waals surface area contributed by atoms with E-state index >= 15 is 0 Å². The predicted octanol–water partition coefficient (Wildman–Crippen LogP) is 4.86. The Morgan fingerprint density at radius 3 is 2.36 bits per heavy atom. The molecule has 1 aromatic heterocycles. The van der Waals surface area contributed by atoms with Gasteiger partial charge in [-0.05, 0) is 45.2 Å². The molecule has 0 bridgehead atoms. The molecule has 2 aromatic rings. The standard InChI is InChI=1S/C18H26N4/c1-12(2)14-9-7-8-10-15(14)20-17-19-13(3)11-16(21-17)22-18(4,5)6/h7-12H,1-6H3,(H2,19,20,21,22). The molecule has 1 aromatic carbocycles. The maximum atomic E-state index is 4.58. The first-order valence-electron chi connectivity index (χ1n) is 7.74. The molecule has 0 aliphatic carbocycles. The van der Waals surface area contributed by atoms with Crippen molar-refractivity contribution >= 4 is 17.5 Å². The highest BCUT2D eigenvalue weighted by atomic mass is 15.2. The van der Waals surface area contributed by atoms with Crippen LogP contribution in [0.5, 0.6) is 0 Å². The zero-order valence-corrected chi connectivity index (χ0v) is 14.4. The summed E-state index contributed by atoms with van der Waals surface area (Å²) in [5, 5.41) is 6.75. The molecule has 22 heavy (non-hydrogen) atoms. The molecule has 1 heterocycles. The lowest BCUT2D eigenvalue weighted by atomic mass is 10.0. The zero-order valence-electron chi connectivity index (χ0n) is 14.4. The number of nitrogens with one attached hydrogen (secondary N) is 2. The highest BCUT2D eigenvalue weighted by Gasteiger charge is 2.13. The molecule has 2 N–H and O–H groups in total. The fraction of sp³-hybridized carbons (Fsp3) is 0.444. The third kappa shape index (κ3) is 4.45. The van der Waals surface area contributed by atoms with Gasteiger partial charge < -0.3 is 10.6 Å². The number of aromatic nitrogens is 2. The number of benzene rings is 1. The summed E-state index contributed by atoms with van der Waals surface area (Å²) in [7, 11) is 0. The van der Waals surface area contributed by atoms with Crippen LogP contribution in [0, 0.1) is 6.92 Å². The van der Waals surface area contributed by atoms with Crippen molar-refractivity contribution in [3.63, 3.8) is 0 Å². The second kappa shape index (κ2) is 6.34. The number of para-hydroxylation sites is 1. The average molecular weight is 298 g/mol. The van der Waals surface area contributed by atoms with E-state index in [1.165, 1.54) is 5.56 Å². The fourth-order valence-electron chi connectivity index (χ4n) is 2.31. The maximum Gasteiger partial charge on any atom is 0.229 e. The minimum Gasteiger partial charge on any atom is -0.365 e. The van der Waals surface area contributed by atoms with Gasteiger partial charge in [-0.15, -0.1) is 0 Å². The summed E-state index contributed by atoms with van der Waals surface area (Å²) >= 11 is 0. The van der Waals surface area contributed by atoms with Crippen LogP contribution in [0.4, 0.5) is 17.5 Å². The van der Waals surface area contributed by atoms with E-state index in [-0.39, 0.29) is 5.54 Å². The minimum atomic E-state index is -0.0338. The van der Waals surface area contributed by atoms with Crippen molar-refractivity contribution in [2.75, 3.05) is 10.6 Å². The van der Waals surface area contributed by atoms with Gasteiger partial charge in [0.1, 0.15) is 5.82 Å². The molecule has 4 nitrogen and oxygen atoms in total. The van der Waals surface area contributed by atoms with Crippen LogP contribution in [0.15, 0.2) is 30.3 Å². The van der Waals surface area contributed by atoms with E-state index in [9.17, 15) is 0 Å². The van der Waals surface area contributed by atoms with Crippen LogP contribution in [0.3, 0.4) is 0 Å². The Kier molecular flexibility index (Phi) is 4.69. The lowest BCUT2D eigenvalue weighted by molar-refractivity contribution is 0.630. The van der Waals surface area contributed by atoms with Crippen molar-refractivity contribution in [2.45, 2.75) is 53.0 Å². The molecule has 0 unspecified atom stereocenters. The molecule has 4 heteroatoms. The molecular formula is C18H26N4. The van der Waals surface area contributed by atoms with Crippen LogP contribution in [0.25, 0.3) is 0 Å². The quantitative estimate of drug-likeness (QED) is 0.846. The Balaban J connectivity index is 2.30. The van der Waals surface area contributed by atoms with Crippen LogP contribution < -0.4 is 10.6 Å². The van der Waals surface area contributed by atoms with Crippen LogP contribution in [-0.2, 0) is 0 Å². The maximum absolute atomic E-state index is 4.58. The van der Waals surface area contributed by atoms with Gasteiger partial charge in [0.15, 0.2) is 0 Å². The second-order valence-electron chi connectivity index (χ2n) is 6.96. The third-order valence-corrected chi connectivity index (χ3v) is 3.19. The molecule has 0 fully saturated rings. The smallest absolute Gasteiger partial charge is 0.229 e. The summed E-state index contributed by atoms with van der Waals surface area (Å²) < 4.78 is 0. The van der Waals surface area contributed by atoms with Gasteiger partial charge >= 0.3 is 0 Å². The topological polar surface area (TPSA) is 49.8 Å². The Morgan fingerprint density at radius 1 is 1.05 bits per heavy atom. The predicted molar refractivity (Wildman–Crippen MR) is 94.0 cm³/mol. The van der Waals surface area contributed by atoms with Gasteiger partial charge in [0.05, 0.1) is 0 Å². The van der Waals surface area contributed by atoms with Crippen LogP contribution in [0.2, 0.25) is 0 Å². The monoisotopic (exact) mass is 298 g/mol. The van der Waals surface area contributed by atoms with Gasteiger partial charge in [0.25, 0.3) is 0 Å². The van der Waals surface area contributed by atoms with E-state index in [1.807, 2.05) is 19.1 Å². The van der Waals surface area contributed by atoms with Crippen molar-refractivity contribution in [2.24, 2.45) is 0 Å². The van der Waals surface area contributed by atoms with Gasteiger partial charge in [-0.2, -0.15) is 4.98 Å². The number of aryl methyl sites for hydroxylation is 1. The molecule has 0 saturated carbocycles. The molecule has 0 spiro atoms. The summed E-state index contributed by atoms with van der Waals surface area (Å²) in [6, 6.07) is 10.3. The van der Waals surface area contributed by atoms with Gasteiger partial charge in [0, 0.05) is 23.0 Å². The van der Waals surface area contributed by atoms with Gasteiger partial charge in [-0.1, -0.05) is 32.0 Å². The van der Waals surface area contributed by atoms with Gasteiger partial charge in [0.2, 0.25) is 5.95 Å². The number of nitrogens with zero attached hydrogens (tertiary/aromatic N) is 2. The molecule has 118 valence electrons. The third-order valence-electron chi connectivity index (χ3n) is 3.19. The molecule has 0 aliphatic rings. The summed E-state index contributed by atoms with van der Waals surface area (Å²) in [5.41, 5.74) is 3.22. The molecule has 0 atom stereocenters. The number of anilines is 3. The molecule has 0 amide bonds. The van der Waals surface area contributed by atoms with Crippen LogP contribution in [-0.4, -0.2) is 15.5 Å². The van der Waals surface area contributed by atoms with Crippen molar-refractivity contribution in [1.29, 1.82) is 0 Å². The first kappa shape index (κ1) is 16.3. The van der Waals surface area contributed by atoms with Gasteiger partial charge in [-0.25, -0.2) is 4.98 Å². The molecular weight excluding hydrogens is 272 g/mol. The number of hydrogen-bond donors (Lipinski definition) is 2. The van der Waals surface area contributed by atoms with E-state index in [4.69, 9.17) is 0 Å². The van der Waals surface area contributed by atoms with E-state index in [0.717, 1.165) is 17.2 Å². The van der Waals surface area contributed by atoms with E-state index in [1.54, 1.807) is 0 Å². The highest BCUT2D eigenvalue weighted by Crippen LogP contribution is 2.26. The first-order chi connectivity index (χ1) is 10.2. The lowest BCUT2D eigenvalue weighted by Gasteiger charge is -2.22. The Hall–Kier alpha value is -2.10. The van der Waals surface area contributed by atoms with Crippen molar-refractivity contribution < 1.29 is 0 Å². The average Bonchev–Trinajstić information content (AvgIpc) is 2.36. The number of rotatable bonds is 4. The molecule has 0 aliphatic heterocycles. The molecule has 0 saturated heterocycles. The highest BCUT2D eigenvalue weighted by molar-refractivity contribution is 5.60. The minimum absolute atomic E-state index is 0.0338. The van der Waals surface area contributed by atoms with Crippen LogP contribution >= 0.6 is 0 Å². The normalized spacial score (nSPS) is 11.6. The summed E-state index contributed by atoms with van der Waals surface area (Å²) in [6.45, 7) is 12.7. The molecule has 0 radical (unpaired) electrons. The van der Waals surface area contributed by atoms with E-state index in [0.29, 0.717) is 11.9 Å². The first-order valence-corrected chi connectivity index (χ1v) is 7.74. The zero-order chi connectivity index (χ0) is 16.3. The van der Waals surface area contributed by atoms with Crippen molar-refractivity contribution in [3.8, 4) is 0 Å². The second-order valence-corrected chi connectivity index (χ2v) is 6.96. The Morgan fingerprint density at radius 2 is 1.73 bits per heavy atom. The van der Waals surface area contributed by atoms with Crippen molar-refractivity contribution in [3.05, 3.63) is 41.6 Å².